The first kappa shape index (κ1) is 24.0. The number of aromatic nitrogens is 2. The Morgan fingerprint density at radius 1 is 1.06 bits per heavy atom. The molecule has 3 heterocycles. The molecular weight excluding hydrogens is 470 g/mol. The number of hydrogen-bond donors (Lipinski definition) is 0. The van der Waals surface area contributed by atoms with Gasteiger partial charge in [-0.1, -0.05) is 30.7 Å². The fourth-order valence-electron chi connectivity index (χ4n) is 4.18. The molecule has 1 atom stereocenters. The molecule has 2 aromatic carbocycles. The van der Waals surface area contributed by atoms with Crippen LogP contribution in [0.1, 0.15) is 31.7 Å². The van der Waals surface area contributed by atoms with Crippen molar-refractivity contribution in [2.45, 2.75) is 39.2 Å². The Balaban J connectivity index is 1.30. The molecule has 1 aliphatic heterocycles. The van der Waals surface area contributed by atoms with Crippen LogP contribution in [-0.4, -0.2) is 35.1 Å². The predicted octanol–water partition coefficient (Wildman–Crippen LogP) is 6.54. The quantitative estimate of drug-likeness (QED) is 0.245. The highest BCUT2D eigenvalue weighted by Crippen LogP contribution is 2.39. The first-order chi connectivity index (χ1) is 17.6. The number of thiazole rings is 1. The van der Waals surface area contributed by atoms with E-state index < -0.39 is 6.10 Å². The van der Waals surface area contributed by atoms with E-state index in [2.05, 4.69) is 11.9 Å². The molecule has 2 aromatic heterocycles. The Morgan fingerprint density at radius 3 is 2.69 bits per heavy atom. The van der Waals surface area contributed by atoms with E-state index in [1.807, 2.05) is 77.9 Å². The first-order valence-electron chi connectivity index (χ1n) is 12.3. The van der Waals surface area contributed by atoms with Crippen LogP contribution >= 0.6 is 11.3 Å². The van der Waals surface area contributed by atoms with Crippen molar-refractivity contribution in [1.29, 1.82) is 0 Å². The van der Waals surface area contributed by atoms with E-state index in [1.165, 1.54) is 5.56 Å². The zero-order valence-electron chi connectivity index (χ0n) is 20.5. The van der Waals surface area contributed by atoms with Gasteiger partial charge in [-0.2, -0.15) is 0 Å². The molecule has 6 nitrogen and oxygen atoms in total. The standard InChI is InChI=1S/C29H29N3O3S/c1-3-26-29(33)32(16-6-7-17-34-22-12-9-20(2)10-13-22)25-18-21(11-14-27(25)35-26)24-19-36-28(31-24)23-8-4-5-15-30-23/h4-5,8-15,18-19,26H,3,6-7,16-17H2,1-2H3. The van der Waals surface area contributed by atoms with Gasteiger partial charge in [0.1, 0.15) is 16.5 Å². The second-order valence-corrected chi connectivity index (χ2v) is 9.67. The first-order valence-corrected chi connectivity index (χ1v) is 13.2. The van der Waals surface area contributed by atoms with Gasteiger partial charge < -0.3 is 14.4 Å². The number of anilines is 1. The van der Waals surface area contributed by atoms with Gasteiger partial charge >= 0.3 is 0 Å². The van der Waals surface area contributed by atoms with Gasteiger partial charge in [-0.15, -0.1) is 11.3 Å². The molecule has 0 bridgehead atoms. The zero-order valence-corrected chi connectivity index (χ0v) is 21.3. The van der Waals surface area contributed by atoms with Crippen LogP contribution in [0.3, 0.4) is 0 Å². The average Bonchev–Trinajstić information content (AvgIpc) is 3.41. The van der Waals surface area contributed by atoms with Crippen molar-refractivity contribution < 1.29 is 14.3 Å². The summed E-state index contributed by atoms with van der Waals surface area (Å²) in [6.07, 6.45) is 3.63. The van der Waals surface area contributed by atoms with Crippen molar-refractivity contribution in [2.75, 3.05) is 18.1 Å². The Labute approximate surface area is 215 Å². The maximum Gasteiger partial charge on any atom is 0.268 e. The molecule has 0 radical (unpaired) electrons. The number of benzene rings is 2. The zero-order chi connectivity index (χ0) is 24.9. The Bertz CT molecular complexity index is 1320. The van der Waals surface area contributed by atoms with E-state index in [9.17, 15) is 4.79 Å². The third-order valence-corrected chi connectivity index (χ3v) is 7.05. The lowest BCUT2D eigenvalue weighted by Gasteiger charge is -2.34. The fraction of sp³-hybridized carbons (Fsp3) is 0.276. The van der Waals surface area contributed by atoms with Crippen LogP contribution in [0, 0.1) is 6.92 Å². The van der Waals surface area contributed by atoms with Crippen LogP contribution in [0.2, 0.25) is 0 Å². The summed E-state index contributed by atoms with van der Waals surface area (Å²) in [6, 6.07) is 19.8. The maximum absolute atomic E-state index is 13.2. The number of rotatable bonds is 9. The minimum atomic E-state index is -0.456. The summed E-state index contributed by atoms with van der Waals surface area (Å²) in [5.41, 5.74) is 4.67. The van der Waals surface area contributed by atoms with E-state index in [4.69, 9.17) is 14.5 Å². The van der Waals surface area contributed by atoms with Gasteiger partial charge in [-0.3, -0.25) is 9.78 Å². The van der Waals surface area contributed by atoms with Gasteiger partial charge in [-0.25, -0.2) is 4.98 Å². The van der Waals surface area contributed by atoms with Crippen molar-refractivity contribution in [3.05, 3.63) is 77.8 Å². The van der Waals surface area contributed by atoms with Crippen LogP contribution in [0.5, 0.6) is 11.5 Å². The van der Waals surface area contributed by atoms with Crippen molar-refractivity contribution in [3.63, 3.8) is 0 Å². The average molecular weight is 500 g/mol. The van der Waals surface area contributed by atoms with Gasteiger partial charge in [-0.05, 0) is 68.7 Å². The SMILES string of the molecule is CCC1Oc2ccc(-c3csc(-c4ccccn4)n3)cc2N(CCCCOc2ccc(C)cc2)C1=O. The second-order valence-electron chi connectivity index (χ2n) is 8.81. The number of aryl methyl sites for hydroxylation is 1. The van der Waals surface area contributed by atoms with Crippen molar-refractivity contribution in [2.24, 2.45) is 0 Å². The van der Waals surface area contributed by atoms with Crippen molar-refractivity contribution in [1.82, 2.24) is 9.97 Å². The number of fused-ring (bicyclic) bond motifs is 1. The lowest BCUT2D eigenvalue weighted by molar-refractivity contribution is -0.126. The van der Waals surface area contributed by atoms with Crippen LogP contribution in [0.4, 0.5) is 5.69 Å². The van der Waals surface area contributed by atoms with E-state index in [0.717, 1.165) is 52.0 Å². The topological polar surface area (TPSA) is 64.6 Å². The Morgan fingerprint density at radius 2 is 1.92 bits per heavy atom. The number of carbonyl (C=O) groups excluding carboxylic acids is 1. The van der Waals surface area contributed by atoms with Crippen LogP contribution in [0.15, 0.2) is 72.2 Å². The summed E-state index contributed by atoms with van der Waals surface area (Å²) in [6.45, 7) is 5.26. The van der Waals surface area contributed by atoms with Crippen molar-refractivity contribution in [3.8, 4) is 33.5 Å². The minimum absolute atomic E-state index is 0.00838. The lowest BCUT2D eigenvalue weighted by atomic mass is 10.1. The van der Waals surface area contributed by atoms with Gasteiger partial charge in [0.15, 0.2) is 6.10 Å². The normalized spacial score (nSPS) is 14.9. The van der Waals surface area contributed by atoms with Crippen LogP contribution in [0.25, 0.3) is 22.0 Å². The molecule has 36 heavy (non-hydrogen) atoms. The smallest absolute Gasteiger partial charge is 0.268 e. The number of nitrogens with zero attached hydrogens (tertiary/aromatic N) is 3. The summed E-state index contributed by atoms with van der Waals surface area (Å²) in [5, 5.41) is 2.89. The monoisotopic (exact) mass is 499 g/mol. The molecule has 1 amide bonds. The van der Waals surface area contributed by atoms with E-state index in [0.29, 0.717) is 19.6 Å². The molecule has 5 rings (SSSR count). The molecule has 0 spiro atoms. The highest BCUT2D eigenvalue weighted by molar-refractivity contribution is 7.13. The molecule has 7 heteroatoms. The molecule has 0 aliphatic carbocycles. The van der Waals surface area contributed by atoms with Crippen molar-refractivity contribution >= 4 is 22.9 Å². The second kappa shape index (κ2) is 10.9. The number of ether oxygens (including phenoxy) is 2. The predicted molar refractivity (Wildman–Crippen MR) is 144 cm³/mol. The van der Waals surface area contributed by atoms with Crippen LogP contribution < -0.4 is 14.4 Å². The Hall–Kier alpha value is -3.71. The molecule has 0 N–H and O–H groups in total. The largest absolute Gasteiger partial charge is 0.494 e. The molecule has 184 valence electrons. The van der Waals surface area contributed by atoms with Gasteiger partial charge in [0.05, 0.1) is 23.7 Å². The number of pyridine rings is 1. The fourth-order valence-corrected chi connectivity index (χ4v) is 4.99. The molecule has 0 fully saturated rings. The summed E-state index contributed by atoms with van der Waals surface area (Å²) >= 11 is 1.56. The molecule has 1 unspecified atom stereocenters. The summed E-state index contributed by atoms with van der Waals surface area (Å²) in [5.74, 6) is 1.62. The summed E-state index contributed by atoms with van der Waals surface area (Å²) in [7, 11) is 0. The molecular formula is C29H29N3O3S. The summed E-state index contributed by atoms with van der Waals surface area (Å²) in [4.78, 5) is 24.3. The molecule has 0 saturated carbocycles. The number of hydrogen-bond acceptors (Lipinski definition) is 6. The van der Waals surface area contributed by atoms with Gasteiger partial charge in [0, 0.05) is 23.7 Å². The Kier molecular flexibility index (Phi) is 7.28. The highest BCUT2D eigenvalue weighted by atomic mass is 32.1. The number of unbranched alkanes of at least 4 members (excludes halogenated alkanes) is 1. The lowest BCUT2D eigenvalue weighted by Crippen LogP contribution is -2.46. The molecule has 0 saturated heterocycles. The third-order valence-electron chi connectivity index (χ3n) is 6.18. The molecule has 4 aromatic rings. The van der Waals surface area contributed by atoms with E-state index >= 15 is 0 Å². The van der Waals surface area contributed by atoms with E-state index in [1.54, 1.807) is 17.5 Å². The van der Waals surface area contributed by atoms with E-state index in [-0.39, 0.29) is 5.91 Å². The minimum Gasteiger partial charge on any atom is -0.494 e. The number of amides is 1. The molecule has 1 aliphatic rings. The van der Waals surface area contributed by atoms with Gasteiger partial charge in [0.2, 0.25) is 0 Å². The highest BCUT2D eigenvalue weighted by Gasteiger charge is 2.33. The maximum atomic E-state index is 13.2. The van der Waals surface area contributed by atoms with Crippen LogP contribution in [-0.2, 0) is 4.79 Å². The number of carbonyl (C=O) groups is 1. The third kappa shape index (κ3) is 5.26. The summed E-state index contributed by atoms with van der Waals surface area (Å²) < 4.78 is 11.9. The van der Waals surface area contributed by atoms with Gasteiger partial charge in [0.25, 0.3) is 5.91 Å².